The van der Waals surface area contributed by atoms with Crippen LogP contribution >= 0.6 is 0 Å². The van der Waals surface area contributed by atoms with Crippen LogP contribution in [0.1, 0.15) is 33.1 Å². The summed E-state index contributed by atoms with van der Waals surface area (Å²) in [7, 11) is 0. The van der Waals surface area contributed by atoms with Gasteiger partial charge in [0.2, 0.25) is 0 Å². The molecule has 1 fully saturated rings. The number of hydrogen-bond donors (Lipinski definition) is 1. The van der Waals surface area contributed by atoms with Crippen molar-refractivity contribution in [2.75, 3.05) is 6.61 Å². The van der Waals surface area contributed by atoms with Crippen LogP contribution in [0.25, 0.3) is 0 Å². The molecule has 1 aliphatic carbocycles. The van der Waals surface area contributed by atoms with Gasteiger partial charge in [-0.2, -0.15) is 0 Å². The van der Waals surface area contributed by atoms with Crippen molar-refractivity contribution in [3.8, 4) is 0 Å². The molecule has 1 saturated carbocycles. The highest BCUT2D eigenvalue weighted by Crippen LogP contribution is 2.35. The zero-order valence-electron chi connectivity index (χ0n) is 8.32. The van der Waals surface area contributed by atoms with Gasteiger partial charge in [0.25, 0.3) is 0 Å². The van der Waals surface area contributed by atoms with Crippen LogP contribution in [-0.2, 0) is 9.53 Å². The first-order valence-corrected chi connectivity index (χ1v) is 5.05. The Hall–Kier alpha value is -0.570. The highest BCUT2D eigenvalue weighted by molar-refractivity contribution is 5.73. The zero-order valence-corrected chi connectivity index (χ0v) is 8.32. The second-order valence-electron chi connectivity index (χ2n) is 3.59. The summed E-state index contributed by atoms with van der Waals surface area (Å²) < 4.78 is 4.93. The lowest BCUT2D eigenvalue weighted by molar-refractivity contribution is -0.152. The molecule has 0 amide bonds. The van der Waals surface area contributed by atoms with Crippen molar-refractivity contribution >= 4 is 5.97 Å². The Kier molecular flexibility index (Phi) is 3.72. The number of carbonyl (C=O) groups is 1. The summed E-state index contributed by atoms with van der Waals surface area (Å²) in [6, 6.07) is 0. The minimum Gasteiger partial charge on any atom is -0.466 e. The van der Waals surface area contributed by atoms with Gasteiger partial charge in [-0.1, -0.05) is 13.3 Å². The van der Waals surface area contributed by atoms with Crippen LogP contribution in [0.15, 0.2) is 0 Å². The predicted octanol–water partition coefficient (Wildman–Crippen LogP) is 1.35. The van der Waals surface area contributed by atoms with E-state index < -0.39 is 6.10 Å². The van der Waals surface area contributed by atoms with Crippen molar-refractivity contribution < 1.29 is 14.6 Å². The van der Waals surface area contributed by atoms with Crippen molar-refractivity contribution in [1.82, 2.24) is 0 Å². The SMILES string of the molecule is CCOC(=O)[C@@H]1[C@@H](CC)CC[C@@H]1O. The number of ether oxygens (including phenoxy) is 1. The van der Waals surface area contributed by atoms with Crippen molar-refractivity contribution in [2.45, 2.75) is 39.2 Å². The van der Waals surface area contributed by atoms with Crippen LogP contribution in [-0.4, -0.2) is 23.8 Å². The predicted molar refractivity (Wildman–Crippen MR) is 49.1 cm³/mol. The van der Waals surface area contributed by atoms with E-state index >= 15 is 0 Å². The number of carbonyl (C=O) groups excluding carboxylic acids is 1. The van der Waals surface area contributed by atoms with Gasteiger partial charge in [-0.3, -0.25) is 4.79 Å². The van der Waals surface area contributed by atoms with Gasteiger partial charge in [0.1, 0.15) is 0 Å². The first kappa shape index (κ1) is 10.5. The van der Waals surface area contributed by atoms with Crippen LogP contribution < -0.4 is 0 Å². The molecule has 1 N–H and O–H groups in total. The maximum absolute atomic E-state index is 11.4. The molecule has 0 spiro atoms. The highest BCUT2D eigenvalue weighted by atomic mass is 16.5. The highest BCUT2D eigenvalue weighted by Gasteiger charge is 2.39. The molecule has 0 aliphatic heterocycles. The van der Waals surface area contributed by atoms with E-state index in [2.05, 4.69) is 6.92 Å². The van der Waals surface area contributed by atoms with Crippen molar-refractivity contribution in [3.05, 3.63) is 0 Å². The molecule has 3 atom stereocenters. The lowest BCUT2D eigenvalue weighted by Gasteiger charge is -2.18. The Morgan fingerprint density at radius 1 is 1.46 bits per heavy atom. The van der Waals surface area contributed by atoms with Gasteiger partial charge < -0.3 is 9.84 Å². The van der Waals surface area contributed by atoms with E-state index in [-0.39, 0.29) is 11.9 Å². The quantitative estimate of drug-likeness (QED) is 0.677. The maximum Gasteiger partial charge on any atom is 0.311 e. The lowest BCUT2D eigenvalue weighted by atomic mass is 9.93. The van der Waals surface area contributed by atoms with E-state index in [4.69, 9.17) is 4.74 Å². The standard InChI is InChI=1S/C10H18O3/c1-3-7-5-6-8(11)9(7)10(12)13-4-2/h7-9,11H,3-6H2,1-2H3/t7-,8-,9+/m0/s1. The Labute approximate surface area is 79.1 Å². The monoisotopic (exact) mass is 186 g/mol. The molecule has 0 saturated heterocycles. The van der Waals surface area contributed by atoms with Crippen LogP contribution in [0, 0.1) is 11.8 Å². The summed E-state index contributed by atoms with van der Waals surface area (Å²) in [4.78, 5) is 11.4. The second kappa shape index (κ2) is 4.61. The Morgan fingerprint density at radius 3 is 2.69 bits per heavy atom. The maximum atomic E-state index is 11.4. The zero-order chi connectivity index (χ0) is 9.84. The van der Waals surface area contributed by atoms with E-state index in [1.165, 1.54) is 0 Å². The largest absolute Gasteiger partial charge is 0.466 e. The normalized spacial score (nSPS) is 33.3. The molecule has 3 nitrogen and oxygen atoms in total. The van der Waals surface area contributed by atoms with Gasteiger partial charge in [0.05, 0.1) is 18.6 Å². The molecule has 1 rings (SSSR count). The fourth-order valence-electron chi connectivity index (χ4n) is 2.10. The van der Waals surface area contributed by atoms with Crippen molar-refractivity contribution in [2.24, 2.45) is 11.8 Å². The van der Waals surface area contributed by atoms with Crippen LogP contribution in [0.5, 0.6) is 0 Å². The molecule has 0 aromatic rings. The van der Waals surface area contributed by atoms with Crippen LogP contribution in [0.4, 0.5) is 0 Å². The third-order valence-electron chi connectivity index (χ3n) is 2.84. The number of esters is 1. The van der Waals surface area contributed by atoms with E-state index in [1.807, 2.05) is 0 Å². The summed E-state index contributed by atoms with van der Waals surface area (Å²) in [6.45, 7) is 4.24. The van der Waals surface area contributed by atoms with Gasteiger partial charge in [0.15, 0.2) is 0 Å². The average Bonchev–Trinajstić information content (AvgIpc) is 2.47. The topological polar surface area (TPSA) is 46.5 Å². The van der Waals surface area contributed by atoms with Gasteiger partial charge in [0, 0.05) is 0 Å². The number of hydrogen-bond acceptors (Lipinski definition) is 3. The fraction of sp³-hybridized carbons (Fsp3) is 0.900. The summed E-state index contributed by atoms with van der Waals surface area (Å²) >= 11 is 0. The summed E-state index contributed by atoms with van der Waals surface area (Å²) in [5.41, 5.74) is 0. The van der Waals surface area contributed by atoms with Crippen molar-refractivity contribution in [3.63, 3.8) is 0 Å². The molecule has 0 bridgehead atoms. The second-order valence-corrected chi connectivity index (χ2v) is 3.59. The Morgan fingerprint density at radius 2 is 2.15 bits per heavy atom. The number of aliphatic hydroxyl groups excluding tert-OH is 1. The van der Waals surface area contributed by atoms with Crippen molar-refractivity contribution in [1.29, 1.82) is 0 Å². The van der Waals surface area contributed by atoms with Gasteiger partial charge in [-0.25, -0.2) is 0 Å². The summed E-state index contributed by atoms with van der Waals surface area (Å²) in [5.74, 6) is -0.182. The third-order valence-corrected chi connectivity index (χ3v) is 2.84. The first-order valence-electron chi connectivity index (χ1n) is 5.05. The van der Waals surface area contributed by atoms with E-state index in [1.54, 1.807) is 6.92 Å². The summed E-state index contributed by atoms with van der Waals surface area (Å²) in [5, 5.41) is 9.59. The molecular formula is C10H18O3. The molecule has 76 valence electrons. The third kappa shape index (κ3) is 2.21. The molecule has 0 aromatic carbocycles. The van der Waals surface area contributed by atoms with Crippen LogP contribution in [0.2, 0.25) is 0 Å². The summed E-state index contributed by atoms with van der Waals surface area (Å²) in [6.07, 6.45) is 2.15. The Bertz CT molecular complexity index is 179. The lowest BCUT2D eigenvalue weighted by Crippen LogP contribution is -2.29. The number of rotatable bonds is 3. The van der Waals surface area contributed by atoms with Gasteiger partial charge >= 0.3 is 5.97 Å². The molecule has 0 radical (unpaired) electrons. The van der Waals surface area contributed by atoms with E-state index in [0.717, 1.165) is 19.3 Å². The molecule has 0 heterocycles. The molecule has 13 heavy (non-hydrogen) atoms. The van der Waals surface area contributed by atoms with E-state index in [0.29, 0.717) is 12.5 Å². The first-order chi connectivity index (χ1) is 6.20. The molecule has 1 aliphatic rings. The average molecular weight is 186 g/mol. The van der Waals surface area contributed by atoms with Gasteiger partial charge in [-0.05, 0) is 25.7 Å². The fourth-order valence-corrected chi connectivity index (χ4v) is 2.10. The number of aliphatic hydroxyl groups is 1. The minimum atomic E-state index is -0.482. The van der Waals surface area contributed by atoms with Crippen LogP contribution in [0.3, 0.4) is 0 Å². The van der Waals surface area contributed by atoms with E-state index in [9.17, 15) is 9.90 Å². The smallest absolute Gasteiger partial charge is 0.311 e. The minimum absolute atomic E-state index is 0.223. The molecule has 3 heteroatoms. The molecule has 0 aromatic heterocycles. The van der Waals surface area contributed by atoms with Gasteiger partial charge in [-0.15, -0.1) is 0 Å². The molecule has 0 unspecified atom stereocenters. The molecular weight excluding hydrogens is 168 g/mol. The Balaban J connectivity index is 2.58.